The van der Waals surface area contributed by atoms with Gasteiger partial charge >= 0.3 is 6.09 Å². The van der Waals surface area contributed by atoms with Gasteiger partial charge in [0, 0.05) is 11.1 Å². The molecule has 0 spiro atoms. The number of benzene rings is 2. The number of methoxy groups -OCH3 is 2. The molecular weight excluding hydrogens is 486 g/mol. The standard InChI is InChI=1S/C22H24BrNO6S/c1-22(2,3)24-21(25)30-18-12-11-17(28-4)19(29-5)20(18)31(26,27)16-10-6-8-15(14-16)9-7-13-23/h6,8,10-12,14H,13H2,1-5H3,(H,24,25). The van der Waals surface area contributed by atoms with Crippen molar-refractivity contribution in [2.75, 3.05) is 19.5 Å². The molecule has 0 heterocycles. The van der Waals surface area contributed by atoms with Crippen molar-refractivity contribution in [3.63, 3.8) is 0 Å². The topological polar surface area (TPSA) is 90.9 Å². The van der Waals surface area contributed by atoms with Crippen LogP contribution in [0.2, 0.25) is 0 Å². The average molecular weight is 510 g/mol. The summed E-state index contributed by atoms with van der Waals surface area (Å²) in [5, 5.41) is 3.09. The molecule has 0 saturated heterocycles. The SMILES string of the molecule is COc1ccc(OC(=O)NC(C)(C)C)c(S(=O)(=O)c2cccc(C#CCBr)c2)c1OC. The van der Waals surface area contributed by atoms with Gasteiger partial charge in [0.25, 0.3) is 0 Å². The normalized spacial score (nSPS) is 11.2. The van der Waals surface area contributed by atoms with Crippen molar-refractivity contribution >= 4 is 31.9 Å². The van der Waals surface area contributed by atoms with Crippen molar-refractivity contribution in [2.24, 2.45) is 0 Å². The number of rotatable bonds is 5. The van der Waals surface area contributed by atoms with Crippen molar-refractivity contribution in [3.05, 3.63) is 42.0 Å². The second-order valence-electron chi connectivity index (χ2n) is 7.36. The van der Waals surface area contributed by atoms with E-state index in [2.05, 4.69) is 33.1 Å². The summed E-state index contributed by atoms with van der Waals surface area (Å²) < 4.78 is 43.1. The van der Waals surface area contributed by atoms with Crippen LogP contribution in [0.25, 0.3) is 0 Å². The molecule has 0 aliphatic heterocycles. The Hall–Kier alpha value is -2.70. The molecule has 2 aromatic rings. The molecule has 7 nitrogen and oxygen atoms in total. The van der Waals surface area contributed by atoms with Crippen molar-refractivity contribution in [3.8, 4) is 29.1 Å². The van der Waals surface area contributed by atoms with E-state index in [1.807, 2.05) is 0 Å². The summed E-state index contributed by atoms with van der Waals surface area (Å²) >= 11 is 3.21. The first-order chi connectivity index (χ1) is 14.5. The fraction of sp³-hybridized carbons (Fsp3) is 0.318. The zero-order valence-corrected chi connectivity index (χ0v) is 20.3. The third-order valence-corrected chi connectivity index (χ3v) is 5.94. The molecule has 2 rings (SSSR count). The highest BCUT2D eigenvalue weighted by Gasteiger charge is 2.31. The molecule has 0 saturated carbocycles. The van der Waals surface area contributed by atoms with Gasteiger partial charge in [0.05, 0.1) is 24.4 Å². The van der Waals surface area contributed by atoms with Gasteiger partial charge in [0.1, 0.15) is 0 Å². The van der Waals surface area contributed by atoms with Crippen LogP contribution in [-0.4, -0.2) is 39.6 Å². The average Bonchev–Trinajstić information content (AvgIpc) is 2.70. The number of carbonyl (C=O) groups excluding carboxylic acids is 1. The highest BCUT2D eigenvalue weighted by molar-refractivity contribution is 9.09. The molecule has 1 N–H and O–H groups in total. The second-order valence-corrected chi connectivity index (χ2v) is 9.81. The number of hydrogen-bond acceptors (Lipinski definition) is 6. The van der Waals surface area contributed by atoms with Crippen molar-refractivity contribution in [2.45, 2.75) is 36.1 Å². The maximum Gasteiger partial charge on any atom is 0.413 e. The van der Waals surface area contributed by atoms with Gasteiger partial charge in [-0.05, 0) is 51.1 Å². The highest BCUT2D eigenvalue weighted by atomic mass is 79.9. The lowest BCUT2D eigenvalue weighted by molar-refractivity contribution is 0.189. The summed E-state index contributed by atoms with van der Waals surface area (Å²) in [6.45, 7) is 5.33. The summed E-state index contributed by atoms with van der Waals surface area (Å²) in [4.78, 5) is 12.0. The molecule has 0 radical (unpaired) electrons. The summed E-state index contributed by atoms with van der Waals surface area (Å²) in [7, 11) is -1.47. The lowest BCUT2D eigenvalue weighted by Crippen LogP contribution is -2.42. The summed E-state index contributed by atoms with van der Waals surface area (Å²) in [5.41, 5.74) is -0.0509. The Morgan fingerprint density at radius 3 is 2.35 bits per heavy atom. The van der Waals surface area contributed by atoms with Crippen molar-refractivity contribution in [1.82, 2.24) is 5.32 Å². The van der Waals surface area contributed by atoms with E-state index >= 15 is 0 Å². The van der Waals surface area contributed by atoms with E-state index in [0.717, 1.165) is 0 Å². The van der Waals surface area contributed by atoms with Crippen molar-refractivity contribution < 1.29 is 27.4 Å². The molecule has 0 aliphatic rings. The van der Waals surface area contributed by atoms with Crippen LogP contribution in [0, 0.1) is 11.8 Å². The van der Waals surface area contributed by atoms with Crippen LogP contribution in [0.15, 0.2) is 46.2 Å². The minimum atomic E-state index is -4.17. The molecule has 31 heavy (non-hydrogen) atoms. The Morgan fingerprint density at radius 2 is 1.77 bits per heavy atom. The first-order valence-corrected chi connectivity index (χ1v) is 11.8. The quantitative estimate of drug-likeness (QED) is 0.480. The Balaban J connectivity index is 2.68. The van der Waals surface area contributed by atoms with E-state index < -0.39 is 21.5 Å². The van der Waals surface area contributed by atoms with Crippen LogP contribution < -0.4 is 19.5 Å². The number of nitrogens with one attached hydrogen (secondary N) is 1. The summed E-state index contributed by atoms with van der Waals surface area (Å²) in [6.07, 6.45) is -0.798. The molecule has 166 valence electrons. The predicted octanol–water partition coefficient (Wildman–Crippen LogP) is 4.17. The lowest BCUT2D eigenvalue weighted by Gasteiger charge is -2.21. The van der Waals surface area contributed by atoms with Crippen LogP contribution in [0.4, 0.5) is 4.79 Å². The molecule has 0 aromatic heterocycles. The smallest absolute Gasteiger partial charge is 0.413 e. The Morgan fingerprint density at radius 1 is 1.10 bits per heavy atom. The number of carbonyl (C=O) groups is 1. The molecule has 0 aliphatic carbocycles. The van der Waals surface area contributed by atoms with Crippen LogP contribution in [0.5, 0.6) is 17.2 Å². The molecule has 0 fully saturated rings. The molecule has 0 unspecified atom stereocenters. The fourth-order valence-electron chi connectivity index (χ4n) is 2.64. The van der Waals surface area contributed by atoms with Gasteiger partial charge in [0.15, 0.2) is 22.1 Å². The minimum absolute atomic E-state index is 0.0264. The van der Waals surface area contributed by atoms with E-state index in [4.69, 9.17) is 14.2 Å². The number of hydrogen-bond donors (Lipinski definition) is 1. The van der Waals surface area contributed by atoms with Gasteiger partial charge in [-0.1, -0.05) is 33.8 Å². The molecule has 2 aromatic carbocycles. The first kappa shape index (κ1) is 24.6. The van der Waals surface area contributed by atoms with Crippen LogP contribution >= 0.6 is 15.9 Å². The zero-order chi connectivity index (χ0) is 23.2. The van der Waals surface area contributed by atoms with E-state index in [1.165, 1.54) is 38.5 Å². The monoisotopic (exact) mass is 509 g/mol. The number of halogens is 1. The third kappa shape index (κ3) is 6.15. The number of sulfone groups is 1. The van der Waals surface area contributed by atoms with Gasteiger partial charge < -0.3 is 19.5 Å². The van der Waals surface area contributed by atoms with E-state index in [-0.39, 0.29) is 27.0 Å². The van der Waals surface area contributed by atoms with Crippen LogP contribution in [0.1, 0.15) is 26.3 Å². The second kappa shape index (κ2) is 10.1. The molecule has 9 heteroatoms. The van der Waals surface area contributed by atoms with E-state index in [9.17, 15) is 13.2 Å². The summed E-state index contributed by atoms with van der Waals surface area (Å²) in [5.74, 6) is 5.63. The van der Waals surface area contributed by atoms with Gasteiger partial charge in [0.2, 0.25) is 9.84 Å². The Kier molecular flexibility index (Phi) is 7.98. The predicted molar refractivity (Wildman–Crippen MR) is 121 cm³/mol. The fourth-order valence-corrected chi connectivity index (χ4v) is 4.36. The third-order valence-electron chi connectivity index (χ3n) is 3.86. The first-order valence-electron chi connectivity index (χ1n) is 9.18. The highest BCUT2D eigenvalue weighted by Crippen LogP contribution is 2.43. The summed E-state index contributed by atoms with van der Waals surface area (Å²) in [6, 6.07) is 8.99. The zero-order valence-electron chi connectivity index (χ0n) is 17.9. The maximum absolute atomic E-state index is 13.6. The molecule has 0 atom stereocenters. The van der Waals surface area contributed by atoms with Gasteiger partial charge in [-0.3, -0.25) is 0 Å². The Bertz CT molecular complexity index is 1130. The van der Waals surface area contributed by atoms with Crippen LogP contribution in [0.3, 0.4) is 0 Å². The van der Waals surface area contributed by atoms with Crippen LogP contribution in [-0.2, 0) is 9.84 Å². The Labute approximate surface area is 191 Å². The molecular formula is C22H24BrNO6S. The van der Waals surface area contributed by atoms with E-state index in [0.29, 0.717) is 10.9 Å². The molecule has 0 bridgehead atoms. The lowest BCUT2D eigenvalue weighted by atomic mass is 10.1. The largest absolute Gasteiger partial charge is 0.493 e. The number of ether oxygens (including phenoxy) is 3. The van der Waals surface area contributed by atoms with Gasteiger partial charge in [-0.15, -0.1) is 0 Å². The minimum Gasteiger partial charge on any atom is -0.493 e. The van der Waals surface area contributed by atoms with Gasteiger partial charge in [-0.25, -0.2) is 13.2 Å². The van der Waals surface area contributed by atoms with Crippen molar-refractivity contribution in [1.29, 1.82) is 0 Å². The number of amides is 1. The van der Waals surface area contributed by atoms with Gasteiger partial charge in [-0.2, -0.15) is 0 Å². The molecule has 1 amide bonds. The number of alkyl halides is 1. The maximum atomic E-state index is 13.6. The van der Waals surface area contributed by atoms with E-state index in [1.54, 1.807) is 32.9 Å².